The Kier molecular flexibility index (Phi) is 3.53. The van der Waals surface area contributed by atoms with Gasteiger partial charge in [-0.1, -0.05) is 18.2 Å². The normalized spacial score (nSPS) is 18.4. The summed E-state index contributed by atoms with van der Waals surface area (Å²) in [5.41, 5.74) is 0.282. The molecule has 0 saturated heterocycles. The monoisotopic (exact) mass is 409 g/mol. The van der Waals surface area contributed by atoms with E-state index in [1.807, 2.05) is 0 Å². The average Bonchev–Trinajstić information content (AvgIpc) is 2.97. The number of phenolic OH excluding ortho intramolecular Hbond substituents is 2. The van der Waals surface area contributed by atoms with Crippen LogP contribution in [0.3, 0.4) is 0 Å². The molecule has 0 aliphatic carbocycles. The first-order chi connectivity index (χ1) is 13.9. The van der Waals surface area contributed by atoms with Crippen molar-refractivity contribution < 1.29 is 28.8 Å². The summed E-state index contributed by atoms with van der Waals surface area (Å²) in [6.07, 6.45) is 0. The first kappa shape index (κ1) is 17.4. The Morgan fingerprint density at radius 3 is 2.55 bits per heavy atom. The SMILES string of the molecule is O=C1OC2(c3ccc(O)cc3Oc3c2ccc(O)c3S[N+](=O)[O-])c2ccccc21. The Morgan fingerprint density at radius 1 is 1.00 bits per heavy atom. The predicted octanol–water partition coefficient (Wildman–Crippen LogP) is 3.95. The maximum Gasteiger partial charge on any atom is 0.340 e. The van der Waals surface area contributed by atoms with Gasteiger partial charge in [-0.15, -0.1) is 0 Å². The molecule has 5 rings (SSSR count). The maximum atomic E-state index is 12.7. The molecular formula is C20H11NO7S. The molecule has 8 nitrogen and oxygen atoms in total. The standard InChI is InChI=1S/C20H11NO7S/c22-10-5-6-13-16(9-10)27-17-14(7-8-15(23)18(17)29-21(25)26)20(13)12-4-2-1-3-11(12)19(24)28-20/h1-9,22-23H. The molecule has 0 saturated carbocycles. The zero-order valence-corrected chi connectivity index (χ0v) is 15.3. The van der Waals surface area contributed by atoms with E-state index in [1.165, 1.54) is 24.3 Å². The highest BCUT2D eigenvalue weighted by Gasteiger charge is 2.54. The Labute approximate surface area is 167 Å². The number of carbonyl (C=O) groups is 1. The van der Waals surface area contributed by atoms with Gasteiger partial charge in [-0.25, -0.2) is 4.79 Å². The van der Waals surface area contributed by atoms with E-state index in [4.69, 9.17) is 9.47 Å². The maximum absolute atomic E-state index is 12.7. The van der Waals surface area contributed by atoms with E-state index >= 15 is 0 Å². The summed E-state index contributed by atoms with van der Waals surface area (Å²) in [6.45, 7) is 0. The second kappa shape index (κ2) is 5.89. The van der Waals surface area contributed by atoms with Crippen molar-refractivity contribution in [2.45, 2.75) is 10.5 Å². The van der Waals surface area contributed by atoms with Crippen LogP contribution in [0.2, 0.25) is 0 Å². The number of rotatable bonds is 2. The first-order valence-electron chi connectivity index (χ1n) is 8.45. The van der Waals surface area contributed by atoms with Crippen LogP contribution in [0.4, 0.5) is 0 Å². The molecule has 3 aromatic rings. The van der Waals surface area contributed by atoms with E-state index in [2.05, 4.69) is 0 Å². The lowest BCUT2D eigenvalue weighted by Crippen LogP contribution is -2.33. The summed E-state index contributed by atoms with van der Waals surface area (Å²) >= 11 is 0.187. The van der Waals surface area contributed by atoms with Gasteiger partial charge in [0.1, 0.15) is 21.6 Å². The van der Waals surface area contributed by atoms with E-state index < -0.39 is 15.9 Å². The van der Waals surface area contributed by atoms with Gasteiger partial charge >= 0.3 is 5.97 Å². The smallest absolute Gasteiger partial charge is 0.340 e. The Balaban J connectivity index is 1.89. The molecule has 0 amide bonds. The summed E-state index contributed by atoms with van der Waals surface area (Å²) < 4.78 is 11.1. The van der Waals surface area contributed by atoms with Crippen molar-refractivity contribution in [2.24, 2.45) is 0 Å². The fourth-order valence-corrected chi connectivity index (χ4v) is 4.40. The van der Waals surface area contributed by atoms with Gasteiger partial charge in [-0.3, -0.25) is 10.1 Å². The number of aromatic hydroxyl groups is 2. The van der Waals surface area contributed by atoms with E-state index in [9.17, 15) is 25.1 Å². The Bertz CT molecular complexity index is 1230. The van der Waals surface area contributed by atoms with Gasteiger partial charge in [-0.05, 0) is 30.3 Å². The molecule has 2 N–H and O–H groups in total. The van der Waals surface area contributed by atoms with Crippen molar-refractivity contribution in [1.29, 1.82) is 0 Å². The van der Waals surface area contributed by atoms with Crippen molar-refractivity contribution >= 4 is 17.9 Å². The second-order valence-corrected chi connectivity index (χ2v) is 7.39. The topological polar surface area (TPSA) is 119 Å². The van der Waals surface area contributed by atoms with Crippen LogP contribution >= 0.6 is 11.9 Å². The van der Waals surface area contributed by atoms with Crippen LogP contribution in [0, 0.1) is 10.1 Å². The van der Waals surface area contributed by atoms with Crippen molar-refractivity contribution in [3.63, 3.8) is 0 Å². The number of phenols is 2. The lowest BCUT2D eigenvalue weighted by molar-refractivity contribution is -0.284. The van der Waals surface area contributed by atoms with Gasteiger partial charge in [0, 0.05) is 22.8 Å². The summed E-state index contributed by atoms with van der Waals surface area (Å²) in [7, 11) is 0. The molecule has 29 heavy (non-hydrogen) atoms. The number of nitro groups is 1. The van der Waals surface area contributed by atoms with E-state index in [0.29, 0.717) is 22.3 Å². The Morgan fingerprint density at radius 2 is 1.76 bits per heavy atom. The quantitative estimate of drug-likeness (QED) is 0.283. The Hall–Kier alpha value is -3.72. The third-order valence-electron chi connectivity index (χ3n) is 4.97. The van der Waals surface area contributed by atoms with E-state index in [0.717, 1.165) is 0 Å². The van der Waals surface area contributed by atoms with Gasteiger partial charge in [0.2, 0.25) is 0 Å². The molecule has 0 bridgehead atoms. The number of benzene rings is 3. The summed E-state index contributed by atoms with van der Waals surface area (Å²) in [4.78, 5) is 23.7. The minimum Gasteiger partial charge on any atom is -0.508 e. The third-order valence-corrected chi connectivity index (χ3v) is 5.69. The van der Waals surface area contributed by atoms with Crippen LogP contribution in [-0.2, 0) is 10.3 Å². The van der Waals surface area contributed by atoms with Crippen molar-refractivity contribution in [2.75, 3.05) is 0 Å². The summed E-state index contributed by atoms with van der Waals surface area (Å²) in [5, 5.41) is 31.3. The molecule has 1 spiro atoms. The van der Waals surface area contributed by atoms with Crippen LogP contribution in [0.5, 0.6) is 23.0 Å². The van der Waals surface area contributed by atoms with Gasteiger partial charge in [0.25, 0.3) is 11.9 Å². The van der Waals surface area contributed by atoms with Crippen LogP contribution in [-0.4, -0.2) is 20.5 Å². The number of carbonyl (C=O) groups excluding carboxylic acids is 1. The molecule has 0 aromatic heterocycles. The first-order valence-corrected chi connectivity index (χ1v) is 9.22. The van der Waals surface area contributed by atoms with E-state index in [1.54, 1.807) is 30.3 Å². The highest BCUT2D eigenvalue weighted by molar-refractivity contribution is 7.93. The fraction of sp³-hybridized carbons (Fsp3) is 0.0500. The molecule has 2 aliphatic rings. The van der Waals surface area contributed by atoms with Crippen LogP contribution in [0.15, 0.2) is 59.5 Å². The molecule has 0 radical (unpaired) electrons. The number of hydrogen-bond donors (Lipinski definition) is 2. The molecule has 9 heteroatoms. The molecule has 1 unspecified atom stereocenters. The minimum atomic E-state index is -1.43. The number of nitrogens with zero attached hydrogens (tertiary/aromatic N) is 1. The third kappa shape index (κ3) is 2.31. The molecule has 2 heterocycles. The number of fused-ring (bicyclic) bond motifs is 6. The fourth-order valence-electron chi connectivity index (χ4n) is 3.85. The van der Waals surface area contributed by atoms with Crippen LogP contribution < -0.4 is 4.74 Å². The van der Waals surface area contributed by atoms with Gasteiger partial charge in [0.05, 0.1) is 5.56 Å². The van der Waals surface area contributed by atoms with Gasteiger partial charge in [0.15, 0.2) is 16.2 Å². The molecule has 2 aliphatic heterocycles. The van der Waals surface area contributed by atoms with E-state index in [-0.39, 0.29) is 39.8 Å². The molecule has 1 atom stereocenters. The van der Waals surface area contributed by atoms with Crippen LogP contribution in [0.1, 0.15) is 27.0 Å². The lowest BCUT2D eigenvalue weighted by atomic mass is 9.77. The highest BCUT2D eigenvalue weighted by Crippen LogP contribution is 2.59. The van der Waals surface area contributed by atoms with Crippen molar-refractivity contribution in [3.8, 4) is 23.0 Å². The molecule has 144 valence electrons. The number of ether oxygens (including phenoxy) is 2. The van der Waals surface area contributed by atoms with Crippen molar-refractivity contribution in [3.05, 3.63) is 87.0 Å². The van der Waals surface area contributed by atoms with Gasteiger partial charge in [-0.2, -0.15) is 0 Å². The largest absolute Gasteiger partial charge is 0.508 e. The van der Waals surface area contributed by atoms with Crippen molar-refractivity contribution in [1.82, 2.24) is 0 Å². The summed E-state index contributed by atoms with van der Waals surface area (Å²) in [5.74, 6) is -0.832. The molecule has 0 fully saturated rings. The highest BCUT2D eigenvalue weighted by atomic mass is 32.2. The number of esters is 1. The van der Waals surface area contributed by atoms with Gasteiger partial charge < -0.3 is 19.7 Å². The summed E-state index contributed by atoms with van der Waals surface area (Å²) in [6, 6.07) is 14.0. The number of hydrogen-bond acceptors (Lipinski definition) is 8. The van der Waals surface area contributed by atoms with Crippen LogP contribution in [0.25, 0.3) is 0 Å². The molecule has 3 aromatic carbocycles. The second-order valence-electron chi connectivity index (χ2n) is 6.50. The zero-order valence-electron chi connectivity index (χ0n) is 14.5. The lowest BCUT2D eigenvalue weighted by Gasteiger charge is -2.36. The molecular weight excluding hydrogens is 398 g/mol. The minimum absolute atomic E-state index is 0.00527. The zero-order chi connectivity index (χ0) is 20.3. The average molecular weight is 409 g/mol. The predicted molar refractivity (Wildman–Crippen MR) is 101 cm³/mol.